The van der Waals surface area contributed by atoms with Gasteiger partial charge >= 0.3 is 0 Å². The summed E-state index contributed by atoms with van der Waals surface area (Å²) in [5.74, 6) is 0.684. The fraction of sp³-hybridized carbons (Fsp3) is 0.467. The van der Waals surface area contributed by atoms with Crippen LogP contribution in [0.1, 0.15) is 12.5 Å². The van der Waals surface area contributed by atoms with E-state index in [-0.39, 0.29) is 11.8 Å². The monoisotopic (exact) mass is 309 g/mol. The predicted molar refractivity (Wildman–Crippen MR) is 88.6 cm³/mol. The van der Waals surface area contributed by atoms with Gasteiger partial charge in [-0.25, -0.2) is 0 Å². The van der Waals surface area contributed by atoms with Crippen LogP contribution in [-0.2, 0) is 4.79 Å². The highest BCUT2D eigenvalue weighted by molar-refractivity contribution is 7.80. The quantitative estimate of drug-likeness (QED) is 0.702. The van der Waals surface area contributed by atoms with Crippen LogP contribution in [0.2, 0.25) is 0 Å². The lowest BCUT2D eigenvalue weighted by Crippen LogP contribution is -2.36. The Bertz CT molecular complexity index is 494. The summed E-state index contributed by atoms with van der Waals surface area (Å²) in [5, 5.41) is 2.65. The van der Waals surface area contributed by atoms with Crippen LogP contribution in [0.4, 0.5) is 0 Å². The summed E-state index contributed by atoms with van der Waals surface area (Å²) >= 11 is 4.99. The van der Waals surface area contributed by atoms with Crippen LogP contribution < -0.4 is 15.8 Å². The molecule has 1 rings (SSSR count). The molecule has 0 aromatic heterocycles. The molecule has 0 aliphatic heterocycles. The van der Waals surface area contributed by atoms with Gasteiger partial charge in [0.2, 0.25) is 5.91 Å². The largest absolute Gasteiger partial charge is 0.492 e. The second-order valence-corrected chi connectivity index (χ2v) is 5.43. The van der Waals surface area contributed by atoms with Gasteiger partial charge in [0.15, 0.2) is 0 Å². The summed E-state index contributed by atoms with van der Waals surface area (Å²) in [6.07, 6.45) is 0. The number of amides is 1. The Labute approximate surface area is 131 Å². The van der Waals surface area contributed by atoms with Gasteiger partial charge in [0, 0.05) is 26.1 Å². The second kappa shape index (κ2) is 8.59. The van der Waals surface area contributed by atoms with Gasteiger partial charge in [-0.1, -0.05) is 31.3 Å². The minimum atomic E-state index is -0.0519. The molecule has 0 bridgehead atoms. The van der Waals surface area contributed by atoms with E-state index in [0.29, 0.717) is 30.4 Å². The molecule has 21 heavy (non-hydrogen) atoms. The first-order valence-corrected chi connectivity index (χ1v) is 7.28. The molecule has 0 heterocycles. The van der Waals surface area contributed by atoms with E-state index in [2.05, 4.69) is 10.2 Å². The van der Waals surface area contributed by atoms with Crippen molar-refractivity contribution in [1.82, 2.24) is 10.2 Å². The van der Waals surface area contributed by atoms with Crippen molar-refractivity contribution in [2.24, 2.45) is 11.7 Å². The highest BCUT2D eigenvalue weighted by Crippen LogP contribution is 2.17. The Kier molecular flexibility index (Phi) is 7.11. The molecule has 116 valence electrons. The van der Waals surface area contributed by atoms with Gasteiger partial charge < -0.3 is 20.7 Å². The predicted octanol–water partition coefficient (Wildman–Crippen LogP) is 1.01. The Balaban J connectivity index is 2.43. The molecule has 1 unspecified atom stereocenters. The fourth-order valence-corrected chi connectivity index (χ4v) is 2.16. The molecule has 0 spiro atoms. The first-order valence-electron chi connectivity index (χ1n) is 6.87. The van der Waals surface area contributed by atoms with E-state index in [1.165, 1.54) is 0 Å². The van der Waals surface area contributed by atoms with E-state index >= 15 is 0 Å². The normalized spacial score (nSPS) is 12.0. The van der Waals surface area contributed by atoms with E-state index < -0.39 is 0 Å². The molecule has 1 aromatic carbocycles. The molecular weight excluding hydrogens is 286 g/mol. The zero-order chi connectivity index (χ0) is 15.8. The number of para-hydroxylation sites is 1. The van der Waals surface area contributed by atoms with Crippen molar-refractivity contribution in [3.63, 3.8) is 0 Å². The zero-order valence-electron chi connectivity index (χ0n) is 12.8. The number of likely N-dealkylation sites (N-methyl/N-ethyl adjacent to an activating group) is 1. The van der Waals surface area contributed by atoms with Crippen LogP contribution in [0.5, 0.6) is 5.75 Å². The van der Waals surface area contributed by atoms with Crippen LogP contribution in [0.25, 0.3) is 0 Å². The summed E-state index contributed by atoms with van der Waals surface area (Å²) in [5.41, 5.74) is 6.40. The van der Waals surface area contributed by atoms with Crippen LogP contribution in [0.15, 0.2) is 24.3 Å². The highest BCUT2D eigenvalue weighted by Gasteiger charge is 2.13. The third kappa shape index (κ3) is 5.69. The van der Waals surface area contributed by atoms with Crippen LogP contribution in [0.3, 0.4) is 0 Å². The number of ether oxygens (including phenoxy) is 1. The van der Waals surface area contributed by atoms with Crippen LogP contribution >= 0.6 is 12.2 Å². The number of hydrogen-bond donors (Lipinski definition) is 2. The Morgan fingerprint density at radius 2 is 2.14 bits per heavy atom. The first-order chi connectivity index (χ1) is 9.95. The number of carbonyl (C=O) groups is 1. The van der Waals surface area contributed by atoms with Crippen molar-refractivity contribution in [3.05, 3.63) is 29.8 Å². The lowest BCUT2D eigenvalue weighted by molar-refractivity contribution is -0.124. The van der Waals surface area contributed by atoms with E-state index in [4.69, 9.17) is 22.7 Å². The number of benzene rings is 1. The topological polar surface area (TPSA) is 67.6 Å². The van der Waals surface area contributed by atoms with E-state index in [0.717, 1.165) is 5.56 Å². The van der Waals surface area contributed by atoms with Gasteiger partial charge in [-0.3, -0.25) is 4.79 Å². The summed E-state index contributed by atoms with van der Waals surface area (Å²) < 4.78 is 5.73. The van der Waals surface area contributed by atoms with Crippen molar-refractivity contribution < 1.29 is 9.53 Å². The number of hydrogen-bond acceptors (Lipinski definition) is 4. The van der Waals surface area contributed by atoms with Crippen molar-refractivity contribution in [1.29, 1.82) is 0 Å². The molecule has 3 N–H and O–H groups in total. The molecule has 1 amide bonds. The molecule has 1 atom stereocenters. The minimum Gasteiger partial charge on any atom is -0.492 e. The van der Waals surface area contributed by atoms with E-state index in [9.17, 15) is 4.79 Å². The van der Waals surface area contributed by atoms with Crippen molar-refractivity contribution in [2.75, 3.05) is 33.8 Å². The van der Waals surface area contributed by atoms with Crippen molar-refractivity contribution >= 4 is 23.1 Å². The summed E-state index contributed by atoms with van der Waals surface area (Å²) in [7, 11) is 3.61. The molecule has 0 radical (unpaired) electrons. The van der Waals surface area contributed by atoms with Gasteiger partial charge in [-0.2, -0.15) is 0 Å². The standard InChI is InChI=1S/C15H23N3O2S/c1-11(15(19)17-2)10-18(3)8-9-20-13-7-5-4-6-12(13)14(16)21/h4-7,11H,8-10H2,1-3H3,(H2,16,21)(H,17,19). The summed E-state index contributed by atoms with van der Waals surface area (Å²) in [4.78, 5) is 13.8. The number of nitrogens with one attached hydrogen (secondary N) is 1. The fourth-order valence-electron chi connectivity index (χ4n) is 2.00. The molecule has 0 aliphatic carbocycles. The second-order valence-electron chi connectivity index (χ2n) is 4.99. The maximum Gasteiger partial charge on any atom is 0.223 e. The number of nitrogens with zero attached hydrogens (tertiary/aromatic N) is 1. The Hall–Kier alpha value is -1.66. The SMILES string of the molecule is CNC(=O)C(C)CN(C)CCOc1ccccc1C(N)=S. The molecule has 0 aliphatic rings. The molecule has 5 nitrogen and oxygen atoms in total. The summed E-state index contributed by atoms with van der Waals surface area (Å²) in [6, 6.07) is 7.45. The smallest absolute Gasteiger partial charge is 0.223 e. The van der Waals surface area contributed by atoms with Gasteiger partial charge in [0.05, 0.1) is 5.56 Å². The minimum absolute atomic E-state index is 0.0431. The Morgan fingerprint density at radius 1 is 1.48 bits per heavy atom. The molecular formula is C15H23N3O2S. The average molecular weight is 309 g/mol. The number of thiocarbonyl (C=S) groups is 1. The summed E-state index contributed by atoms with van der Waals surface area (Å²) in [6.45, 7) is 3.81. The van der Waals surface area contributed by atoms with Crippen molar-refractivity contribution in [3.8, 4) is 5.75 Å². The van der Waals surface area contributed by atoms with E-state index in [1.807, 2.05) is 38.2 Å². The van der Waals surface area contributed by atoms with Gasteiger partial charge in [-0.05, 0) is 19.2 Å². The van der Waals surface area contributed by atoms with E-state index in [1.54, 1.807) is 7.05 Å². The molecule has 0 saturated carbocycles. The van der Waals surface area contributed by atoms with Gasteiger partial charge in [0.1, 0.15) is 17.3 Å². The number of carbonyl (C=O) groups excluding carboxylic acids is 1. The molecule has 0 fully saturated rings. The highest BCUT2D eigenvalue weighted by atomic mass is 32.1. The lowest BCUT2D eigenvalue weighted by atomic mass is 10.1. The Morgan fingerprint density at radius 3 is 2.76 bits per heavy atom. The third-order valence-corrected chi connectivity index (χ3v) is 3.38. The maximum atomic E-state index is 11.5. The number of rotatable bonds is 8. The lowest BCUT2D eigenvalue weighted by Gasteiger charge is -2.20. The first kappa shape index (κ1) is 17.4. The molecule has 0 saturated heterocycles. The molecule has 6 heteroatoms. The van der Waals surface area contributed by atoms with Crippen molar-refractivity contribution in [2.45, 2.75) is 6.92 Å². The third-order valence-electron chi connectivity index (χ3n) is 3.16. The van der Waals surface area contributed by atoms with Crippen LogP contribution in [0, 0.1) is 5.92 Å². The number of nitrogens with two attached hydrogens (primary N) is 1. The zero-order valence-corrected chi connectivity index (χ0v) is 13.6. The van der Waals surface area contributed by atoms with Crippen LogP contribution in [-0.4, -0.2) is 49.6 Å². The molecule has 1 aromatic rings. The maximum absolute atomic E-state index is 11.5. The average Bonchev–Trinajstić information content (AvgIpc) is 2.46. The van der Waals surface area contributed by atoms with Gasteiger partial charge in [-0.15, -0.1) is 0 Å². The van der Waals surface area contributed by atoms with Gasteiger partial charge in [0.25, 0.3) is 0 Å².